The van der Waals surface area contributed by atoms with Gasteiger partial charge in [0, 0.05) is 32.7 Å². The summed E-state index contributed by atoms with van der Waals surface area (Å²) < 4.78 is 4.74. The van der Waals surface area contributed by atoms with E-state index in [9.17, 15) is 5.11 Å². The van der Waals surface area contributed by atoms with Gasteiger partial charge in [-0.1, -0.05) is 12.1 Å². The van der Waals surface area contributed by atoms with E-state index in [0.717, 1.165) is 42.6 Å². The van der Waals surface area contributed by atoms with E-state index in [-0.39, 0.29) is 6.10 Å². The van der Waals surface area contributed by atoms with Crippen molar-refractivity contribution in [1.82, 2.24) is 14.2 Å². The molecule has 1 atom stereocenters. The van der Waals surface area contributed by atoms with E-state index in [1.165, 1.54) is 4.70 Å². The average Bonchev–Trinajstić information content (AvgIpc) is 2.82. The van der Waals surface area contributed by atoms with Crippen LogP contribution in [0.5, 0.6) is 0 Å². The third kappa shape index (κ3) is 3.51. The predicted octanol–water partition coefficient (Wildman–Crippen LogP) is 2.30. The number of para-hydroxylation sites is 1. The summed E-state index contributed by atoms with van der Waals surface area (Å²) in [5.41, 5.74) is 1.09. The Hall–Kier alpha value is -0.660. The minimum atomic E-state index is -0.238. The van der Waals surface area contributed by atoms with E-state index in [0.29, 0.717) is 0 Å². The molecule has 20 heavy (non-hydrogen) atoms. The van der Waals surface area contributed by atoms with Gasteiger partial charge in [0.25, 0.3) is 0 Å². The lowest BCUT2D eigenvalue weighted by Crippen LogP contribution is -2.45. The first-order chi connectivity index (χ1) is 9.70. The summed E-state index contributed by atoms with van der Waals surface area (Å²) in [5, 5.41) is 9.42. The molecule has 2 heterocycles. The molecule has 0 aliphatic carbocycles. The van der Waals surface area contributed by atoms with E-state index in [4.69, 9.17) is 0 Å². The van der Waals surface area contributed by atoms with Crippen LogP contribution in [0.4, 0.5) is 0 Å². The van der Waals surface area contributed by atoms with Gasteiger partial charge >= 0.3 is 0 Å². The zero-order valence-corrected chi connectivity index (χ0v) is 13.2. The molecule has 1 N–H and O–H groups in total. The molecule has 1 aliphatic rings. The Morgan fingerprint density at radius 3 is 2.75 bits per heavy atom. The zero-order chi connectivity index (χ0) is 13.9. The molecular formula is C14H19N3OS2. The van der Waals surface area contributed by atoms with Gasteiger partial charge in [-0.05, 0) is 31.0 Å². The minimum Gasteiger partial charge on any atom is -0.392 e. The van der Waals surface area contributed by atoms with Crippen molar-refractivity contribution in [2.24, 2.45) is 0 Å². The van der Waals surface area contributed by atoms with Crippen molar-refractivity contribution in [3.8, 4) is 0 Å². The normalized spacial score (nSPS) is 19.5. The largest absolute Gasteiger partial charge is 0.392 e. The van der Waals surface area contributed by atoms with Crippen LogP contribution < -0.4 is 0 Å². The number of thiazole rings is 1. The number of benzene rings is 1. The summed E-state index contributed by atoms with van der Waals surface area (Å²) in [6.45, 7) is 6.70. The molecular weight excluding hydrogens is 290 g/mol. The van der Waals surface area contributed by atoms with Crippen LogP contribution in [0.1, 0.15) is 6.92 Å². The van der Waals surface area contributed by atoms with Crippen molar-refractivity contribution in [3.63, 3.8) is 0 Å². The van der Waals surface area contributed by atoms with Crippen molar-refractivity contribution in [2.45, 2.75) is 17.4 Å². The number of aliphatic hydroxyl groups is 1. The Morgan fingerprint density at radius 1 is 1.30 bits per heavy atom. The number of aromatic nitrogens is 1. The zero-order valence-electron chi connectivity index (χ0n) is 11.5. The predicted molar refractivity (Wildman–Crippen MR) is 85.2 cm³/mol. The number of hydrogen-bond donors (Lipinski definition) is 1. The smallest absolute Gasteiger partial charge is 0.166 e. The lowest BCUT2D eigenvalue weighted by Gasteiger charge is -2.33. The average molecular weight is 309 g/mol. The molecule has 0 amide bonds. The molecule has 1 aromatic heterocycles. The fraction of sp³-hybridized carbons (Fsp3) is 0.500. The summed E-state index contributed by atoms with van der Waals surface area (Å²) in [6, 6.07) is 8.28. The van der Waals surface area contributed by atoms with E-state index in [1.807, 2.05) is 13.0 Å². The maximum absolute atomic E-state index is 9.42. The van der Waals surface area contributed by atoms with Gasteiger partial charge in [0.15, 0.2) is 4.34 Å². The van der Waals surface area contributed by atoms with Crippen molar-refractivity contribution in [1.29, 1.82) is 0 Å². The standard InChI is InChI=1S/C14H19N3OS2/c1-11(18)10-16-6-8-17(9-7-16)20-14-15-12-4-2-3-5-13(12)19-14/h2-5,11,18H,6-10H2,1H3. The van der Waals surface area contributed by atoms with Gasteiger partial charge < -0.3 is 5.11 Å². The first kappa shape index (κ1) is 14.3. The van der Waals surface area contributed by atoms with Crippen LogP contribution in [0.2, 0.25) is 0 Å². The molecule has 4 nitrogen and oxygen atoms in total. The molecule has 1 unspecified atom stereocenters. The third-order valence-corrected chi connectivity index (χ3v) is 5.51. The summed E-state index contributed by atoms with van der Waals surface area (Å²) in [5.74, 6) is 0. The number of nitrogens with zero attached hydrogens (tertiary/aromatic N) is 3. The molecule has 1 aliphatic heterocycles. The Balaban J connectivity index is 1.56. The summed E-state index contributed by atoms with van der Waals surface area (Å²) >= 11 is 3.52. The lowest BCUT2D eigenvalue weighted by atomic mass is 10.3. The Kier molecular flexibility index (Phi) is 4.58. The second-order valence-corrected chi connectivity index (χ2v) is 7.49. The highest BCUT2D eigenvalue weighted by molar-refractivity contribution is 7.98. The van der Waals surface area contributed by atoms with Gasteiger partial charge in [-0.15, -0.1) is 11.3 Å². The molecule has 0 bridgehead atoms. The molecule has 1 saturated heterocycles. The number of rotatable bonds is 4. The maximum atomic E-state index is 9.42. The van der Waals surface area contributed by atoms with Crippen LogP contribution in [-0.4, -0.2) is 58.1 Å². The minimum absolute atomic E-state index is 0.238. The van der Waals surface area contributed by atoms with Crippen molar-refractivity contribution in [3.05, 3.63) is 24.3 Å². The second-order valence-electron chi connectivity index (χ2n) is 5.12. The first-order valence-corrected chi connectivity index (χ1v) is 8.48. The number of β-amino-alcohol motifs (C(OH)–C–C–N with tert-alkyl or cyclic N) is 1. The molecule has 1 aromatic carbocycles. The highest BCUT2D eigenvalue weighted by Crippen LogP contribution is 2.31. The maximum Gasteiger partial charge on any atom is 0.166 e. The van der Waals surface area contributed by atoms with E-state index >= 15 is 0 Å². The molecule has 0 spiro atoms. The molecule has 0 saturated carbocycles. The van der Waals surface area contributed by atoms with E-state index < -0.39 is 0 Å². The summed E-state index contributed by atoms with van der Waals surface area (Å²) in [7, 11) is 0. The highest BCUT2D eigenvalue weighted by Gasteiger charge is 2.19. The number of hydrogen-bond acceptors (Lipinski definition) is 6. The molecule has 0 radical (unpaired) electrons. The van der Waals surface area contributed by atoms with E-state index in [2.05, 4.69) is 32.4 Å². The van der Waals surface area contributed by atoms with Gasteiger partial charge in [-0.3, -0.25) is 4.90 Å². The van der Waals surface area contributed by atoms with Gasteiger partial charge in [0.05, 0.1) is 16.3 Å². The van der Waals surface area contributed by atoms with Crippen LogP contribution in [0.25, 0.3) is 10.2 Å². The molecule has 3 rings (SSSR count). The summed E-state index contributed by atoms with van der Waals surface area (Å²) in [4.78, 5) is 6.98. The van der Waals surface area contributed by atoms with Crippen LogP contribution in [-0.2, 0) is 0 Å². The van der Waals surface area contributed by atoms with Gasteiger partial charge in [-0.2, -0.15) is 0 Å². The Bertz CT molecular complexity index is 531. The Labute approximate surface area is 127 Å². The third-order valence-electron chi connectivity index (χ3n) is 3.34. The Morgan fingerprint density at radius 2 is 2.05 bits per heavy atom. The first-order valence-electron chi connectivity index (χ1n) is 6.89. The van der Waals surface area contributed by atoms with Crippen molar-refractivity contribution in [2.75, 3.05) is 32.7 Å². The van der Waals surface area contributed by atoms with Gasteiger partial charge in [0.1, 0.15) is 0 Å². The van der Waals surface area contributed by atoms with Crippen LogP contribution in [0.15, 0.2) is 28.6 Å². The van der Waals surface area contributed by atoms with Crippen LogP contribution in [0.3, 0.4) is 0 Å². The molecule has 6 heteroatoms. The number of aliphatic hydroxyl groups excluding tert-OH is 1. The highest BCUT2D eigenvalue weighted by atomic mass is 32.2. The molecule has 2 aromatic rings. The second kappa shape index (κ2) is 6.41. The number of piperazine rings is 1. The van der Waals surface area contributed by atoms with Crippen molar-refractivity contribution < 1.29 is 5.11 Å². The summed E-state index contributed by atoms with van der Waals surface area (Å²) in [6.07, 6.45) is -0.238. The fourth-order valence-corrected chi connectivity index (χ4v) is 4.52. The molecule has 108 valence electrons. The van der Waals surface area contributed by atoms with E-state index in [1.54, 1.807) is 23.3 Å². The lowest BCUT2D eigenvalue weighted by molar-refractivity contribution is 0.105. The fourth-order valence-electron chi connectivity index (χ4n) is 2.38. The van der Waals surface area contributed by atoms with Crippen LogP contribution in [0, 0.1) is 0 Å². The van der Waals surface area contributed by atoms with Gasteiger partial charge in [0.2, 0.25) is 0 Å². The van der Waals surface area contributed by atoms with Crippen LogP contribution >= 0.6 is 23.3 Å². The topological polar surface area (TPSA) is 39.6 Å². The van der Waals surface area contributed by atoms with Crippen molar-refractivity contribution >= 4 is 33.5 Å². The SMILES string of the molecule is CC(O)CN1CCN(Sc2nc3ccccc3s2)CC1. The van der Waals surface area contributed by atoms with Gasteiger partial charge in [-0.25, -0.2) is 9.29 Å². The number of fused-ring (bicyclic) bond motifs is 1. The molecule has 1 fully saturated rings. The monoisotopic (exact) mass is 309 g/mol. The quantitative estimate of drug-likeness (QED) is 0.878.